The summed E-state index contributed by atoms with van der Waals surface area (Å²) in [4.78, 5) is 11.0. The van der Waals surface area contributed by atoms with Crippen LogP contribution < -0.4 is 4.74 Å². The Balaban J connectivity index is 2.99. The van der Waals surface area contributed by atoms with Crippen molar-refractivity contribution < 1.29 is 14.6 Å². The minimum absolute atomic E-state index is 0.0456. The molecule has 0 aliphatic carbocycles. The van der Waals surface area contributed by atoms with E-state index in [4.69, 9.17) is 9.84 Å². The molecule has 0 aliphatic heterocycles. The highest BCUT2D eigenvalue weighted by Gasteiger charge is 2.20. The quantitative estimate of drug-likeness (QED) is 0.844. The number of carboxylic acids is 1. The number of hydrogen-bond donors (Lipinski definition) is 1. The van der Waals surface area contributed by atoms with Gasteiger partial charge in [-0.3, -0.25) is 4.79 Å². The second-order valence-corrected chi connectivity index (χ2v) is 5.64. The molecule has 1 aromatic rings. The lowest BCUT2D eigenvalue weighted by Crippen LogP contribution is -2.13. The fourth-order valence-electron chi connectivity index (χ4n) is 2.22. The highest BCUT2D eigenvalue weighted by atomic mass is 16.5. The second kappa shape index (κ2) is 6.60. The van der Waals surface area contributed by atoms with Crippen molar-refractivity contribution in [1.29, 1.82) is 0 Å². The summed E-state index contributed by atoms with van der Waals surface area (Å²) in [5.41, 5.74) is 2.13. The van der Waals surface area contributed by atoms with Crippen LogP contribution in [0.3, 0.4) is 0 Å². The fourth-order valence-corrected chi connectivity index (χ4v) is 2.22. The van der Waals surface area contributed by atoms with Gasteiger partial charge in [0, 0.05) is 0 Å². The van der Waals surface area contributed by atoms with Gasteiger partial charge in [-0.2, -0.15) is 0 Å². The van der Waals surface area contributed by atoms with E-state index in [9.17, 15) is 4.79 Å². The topological polar surface area (TPSA) is 46.5 Å². The molecule has 0 fully saturated rings. The molecule has 0 amide bonds. The number of aliphatic carboxylic acids is 1. The molecule has 0 radical (unpaired) electrons. The molecule has 0 saturated carbocycles. The van der Waals surface area contributed by atoms with Crippen LogP contribution in [0.5, 0.6) is 5.75 Å². The molecule has 3 nitrogen and oxygen atoms in total. The predicted molar refractivity (Wildman–Crippen MR) is 76.8 cm³/mol. The number of aryl methyl sites for hydroxylation is 1. The van der Waals surface area contributed by atoms with E-state index in [-0.39, 0.29) is 18.4 Å². The van der Waals surface area contributed by atoms with Gasteiger partial charge in [0.25, 0.3) is 0 Å². The Morgan fingerprint density at radius 2 is 1.89 bits per heavy atom. The third kappa shape index (κ3) is 4.58. The lowest BCUT2D eigenvalue weighted by molar-refractivity contribution is -0.137. The largest absolute Gasteiger partial charge is 0.491 e. The lowest BCUT2D eigenvalue weighted by atomic mass is 9.85. The zero-order valence-corrected chi connectivity index (χ0v) is 12.4. The van der Waals surface area contributed by atoms with Gasteiger partial charge in [-0.1, -0.05) is 26.0 Å². The van der Waals surface area contributed by atoms with Crippen LogP contribution in [0, 0.1) is 12.8 Å². The monoisotopic (exact) mass is 264 g/mol. The van der Waals surface area contributed by atoms with Crippen LogP contribution in [0.2, 0.25) is 0 Å². The molecule has 106 valence electrons. The van der Waals surface area contributed by atoms with Crippen molar-refractivity contribution in [2.45, 2.75) is 53.1 Å². The first kappa shape index (κ1) is 15.5. The highest BCUT2D eigenvalue weighted by Crippen LogP contribution is 2.31. The van der Waals surface area contributed by atoms with Gasteiger partial charge in [-0.15, -0.1) is 0 Å². The van der Waals surface area contributed by atoms with Crippen LogP contribution in [-0.2, 0) is 4.79 Å². The molecule has 1 rings (SSSR count). The number of ether oxygens (including phenoxy) is 1. The van der Waals surface area contributed by atoms with Crippen molar-refractivity contribution in [3.8, 4) is 5.75 Å². The molecule has 0 bridgehead atoms. The minimum atomic E-state index is -0.751. The second-order valence-electron chi connectivity index (χ2n) is 5.64. The molecule has 1 unspecified atom stereocenters. The third-order valence-electron chi connectivity index (χ3n) is 3.19. The molecule has 0 heterocycles. The Labute approximate surface area is 115 Å². The molecule has 1 aromatic carbocycles. The minimum Gasteiger partial charge on any atom is -0.491 e. The summed E-state index contributed by atoms with van der Waals surface area (Å²) in [5, 5.41) is 9.01. The van der Waals surface area contributed by atoms with Crippen LogP contribution >= 0.6 is 0 Å². The molecule has 19 heavy (non-hydrogen) atoms. The maximum Gasteiger partial charge on any atom is 0.303 e. The van der Waals surface area contributed by atoms with Gasteiger partial charge in [-0.25, -0.2) is 0 Å². The lowest BCUT2D eigenvalue weighted by Gasteiger charge is -2.21. The zero-order chi connectivity index (χ0) is 14.6. The highest BCUT2D eigenvalue weighted by molar-refractivity contribution is 5.68. The summed E-state index contributed by atoms with van der Waals surface area (Å²) in [6.45, 7) is 10.1. The number of rotatable bonds is 6. The smallest absolute Gasteiger partial charge is 0.303 e. The molecule has 0 aliphatic rings. The molecular formula is C16H24O3. The van der Waals surface area contributed by atoms with Gasteiger partial charge in [0.2, 0.25) is 0 Å². The average molecular weight is 264 g/mol. The zero-order valence-electron chi connectivity index (χ0n) is 12.4. The Bertz CT molecular complexity index is 436. The number of hydrogen-bond acceptors (Lipinski definition) is 2. The van der Waals surface area contributed by atoms with E-state index in [1.807, 2.05) is 39.0 Å². The van der Waals surface area contributed by atoms with Crippen LogP contribution in [0.25, 0.3) is 0 Å². The van der Waals surface area contributed by atoms with Crippen molar-refractivity contribution in [3.05, 3.63) is 29.3 Å². The van der Waals surface area contributed by atoms with Gasteiger partial charge < -0.3 is 9.84 Å². The van der Waals surface area contributed by atoms with Crippen molar-refractivity contribution in [2.75, 3.05) is 0 Å². The maximum atomic E-state index is 11.0. The SMILES string of the molecule is Cc1cc(C(CC(=O)O)C(C)C)ccc1OC(C)C. The number of benzene rings is 1. The van der Waals surface area contributed by atoms with Crippen molar-refractivity contribution in [1.82, 2.24) is 0 Å². The maximum absolute atomic E-state index is 11.0. The van der Waals surface area contributed by atoms with E-state index in [0.717, 1.165) is 16.9 Å². The normalized spacial score (nSPS) is 12.8. The average Bonchev–Trinajstić information content (AvgIpc) is 2.27. The predicted octanol–water partition coefficient (Wildman–Crippen LogP) is 4.00. The molecular weight excluding hydrogens is 240 g/mol. The number of carbonyl (C=O) groups is 1. The van der Waals surface area contributed by atoms with E-state index in [0.29, 0.717) is 5.92 Å². The van der Waals surface area contributed by atoms with E-state index in [1.165, 1.54) is 0 Å². The summed E-state index contributed by atoms with van der Waals surface area (Å²) in [7, 11) is 0. The van der Waals surface area contributed by atoms with E-state index >= 15 is 0 Å². The molecule has 3 heteroatoms. The first-order valence-electron chi connectivity index (χ1n) is 6.80. The Morgan fingerprint density at radius 3 is 2.32 bits per heavy atom. The van der Waals surface area contributed by atoms with E-state index in [2.05, 4.69) is 13.8 Å². The fraction of sp³-hybridized carbons (Fsp3) is 0.562. The Morgan fingerprint density at radius 1 is 1.26 bits per heavy atom. The number of carboxylic acid groups (broad SMARTS) is 1. The third-order valence-corrected chi connectivity index (χ3v) is 3.19. The van der Waals surface area contributed by atoms with Crippen molar-refractivity contribution in [3.63, 3.8) is 0 Å². The standard InChI is InChI=1S/C16H24O3/c1-10(2)14(9-16(17)18)13-6-7-15(12(5)8-13)19-11(3)4/h6-8,10-11,14H,9H2,1-5H3,(H,17,18). The van der Waals surface area contributed by atoms with E-state index in [1.54, 1.807) is 0 Å². The van der Waals surface area contributed by atoms with Gasteiger partial charge in [0.1, 0.15) is 5.75 Å². The van der Waals surface area contributed by atoms with Gasteiger partial charge in [0.15, 0.2) is 0 Å². The Kier molecular flexibility index (Phi) is 5.40. The first-order valence-corrected chi connectivity index (χ1v) is 6.80. The Hall–Kier alpha value is -1.51. The van der Waals surface area contributed by atoms with Crippen molar-refractivity contribution >= 4 is 5.97 Å². The molecule has 0 aromatic heterocycles. The summed E-state index contributed by atoms with van der Waals surface area (Å²) in [6.07, 6.45) is 0.311. The summed E-state index contributed by atoms with van der Waals surface area (Å²) in [5.74, 6) is 0.465. The summed E-state index contributed by atoms with van der Waals surface area (Å²) < 4.78 is 5.70. The van der Waals surface area contributed by atoms with Crippen LogP contribution in [0.4, 0.5) is 0 Å². The molecule has 0 spiro atoms. The van der Waals surface area contributed by atoms with E-state index < -0.39 is 5.97 Å². The van der Waals surface area contributed by atoms with Gasteiger partial charge >= 0.3 is 5.97 Å². The van der Waals surface area contributed by atoms with Crippen LogP contribution in [0.15, 0.2) is 18.2 Å². The first-order chi connectivity index (χ1) is 8.81. The molecule has 0 saturated heterocycles. The summed E-state index contributed by atoms with van der Waals surface area (Å²) in [6, 6.07) is 5.98. The summed E-state index contributed by atoms with van der Waals surface area (Å²) >= 11 is 0. The molecule has 1 N–H and O–H groups in total. The molecule has 1 atom stereocenters. The van der Waals surface area contributed by atoms with Crippen molar-refractivity contribution in [2.24, 2.45) is 5.92 Å². The van der Waals surface area contributed by atoms with Gasteiger partial charge in [-0.05, 0) is 49.8 Å². The van der Waals surface area contributed by atoms with Crippen LogP contribution in [0.1, 0.15) is 51.2 Å². The van der Waals surface area contributed by atoms with Crippen LogP contribution in [-0.4, -0.2) is 17.2 Å². The van der Waals surface area contributed by atoms with Gasteiger partial charge in [0.05, 0.1) is 12.5 Å².